The minimum absolute atomic E-state index is 0.0684. The molecule has 0 saturated carbocycles. The molecule has 0 saturated heterocycles. The molecule has 140 valence electrons. The summed E-state index contributed by atoms with van der Waals surface area (Å²) in [5.41, 5.74) is 0.986. The Bertz CT molecular complexity index is 999. The fourth-order valence-corrected chi connectivity index (χ4v) is 6.07. The predicted molar refractivity (Wildman–Crippen MR) is 112 cm³/mol. The van der Waals surface area contributed by atoms with Gasteiger partial charge in [0, 0.05) is 30.8 Å². The first-order valence-electron chi connectivity index (χ1n) is 7.26. The minimum atomic E-state index is -0.524. The largest absolute Gasteiger partial charge is 0.207 e. The van der Waals surface area contributed by atoms with Crippen molar-refractivity contribution in [1.82, 2.24) is 0 Å². The van der Waals surface area contributed by atoms with Crippen LogP contribution in [0.15, 0.2) is 63.2 Å². The van der Waals surface area contributed by atoms with Crippen LogP contribution >= 0.6 is 68.5 Å². The predicted octanol–water partition coefficient (Wildman–Crippen LogP) is 9.37. The van der Waals surface area contributed by atoms with Crippen molar-refractivity contribution in [2.75, 3.05) is 0 Å². The molecule has 0 spiro atoms. The molecule has 0 aliphatic carbocycles. The van der Waals surface area contributed by atoms with E-state index < -0.39 is 11.6 Å². The summed E-state index contributed by atoms with van der Waals surface area (Å²) in [5, 5.41) is 0.723. The fourth-order valence-electron chi connectivity index (χ4n) is 2.24. The van der Waals surface area contributed by atoms with Crippen LogP contribution in [0.2, 0.25) is 15.1 Å². The molecule has 0 unspecified atom stereocenters. The van der Waals surface area contributed by atoms with Gasteiger partial charge in [0.25, 0.3) is 0 Å². The lowest BCUT2D eigenvalue weighted by atomic mass is 10.1. The zero-order valence-electron chi connectivity index (χ0n) is 13.1. The van der Waals surface area contributed by atoms with Gasteiger partial charge in [-0.25, -0.2) is 8.78 Å². The van der Waals surface area contributed by atoms with Crippen LogP contribution in [-0.4, -0.2) is 0 Å². The third-order valence-electron chi connectivity index (χ3n) is 3.44. The molecule has 0 aliphatic rings. The Kier molecular flexibility index (Phi) is 7.22. The fraction of sp³-hybridized carbons (Fsp3) is 0. The molecule has 27 heavy (non-hydrogen) atoms. The average molecular weight is 484 g/mol. The second-order valence-electron chi connectivity index (χ2n) is 5.22. The topological polar surface area (TPSA) is 0 Å². The molecule has 3 rings (SSSR count). The van der Waals surface area contributed by atoms with Crippen molar-refractivity contribution in [2.24, 2.45) is 0 Å². The van der Waals surface area contributed by atoms with E-state index in [9.17, 15) is 12.7 Å². The summed E-state index contributed by atoms with van der Waals surface area (Å²) in [6.07, 6.45) is 0. The minimum Gasteiger partial charge on any atom is -0.207 e. The van der Waals surface area contributed by atoms with Gasteiger partial charge in [-0.15, -0.1) is 0 Å². The van der Waals surface area contributed by atoms with Crippen LogP contribution in [0.5, 0.6) is 0 Å². The number of hydrogen-bond donors (Lipinski definition) is 0. The van der Waals surface area contributed by atoms with Gasteiger partial charge in [0.05, 0.1) is 22.2 Å². The normalized spacial score (nSPS) is 11.0. The lowest BCUT2D eigenvalue weighted by molar-refractivity contribution is 0.626. The van der Waals surface area contributed by atoms with Crippen molar-refractivity contribution in [1.29, 1.82) is 0 Å². The summed E-state index contributed by atoms with van der Waals surface area (Å²) in [6.45, 7) is 0. The van der Waals surface area contributed by atoms with Gasteiger partial charge in [-0.3, -0.25) is 0 Å². The number of rotatable bonds is 5. The first-order chi connectivity index (χ1) is 12.9. The van der Waals surface area contributed by atoms with E-state index in [1.807, 2.05) is 0 Å². The van der Waals surface area contributed by atoms with Crippen LogP contribution < -0.4 is 0 Å². The van der Waals surface area contributed by atoms with Crippen LogP contribution in [-0.2, 0) is 0 Å². The second kappa shape index (κ2) is 9.25. The van der Waals surface area contributed by atoms with Gasteiger partial charge < -0.3 is 0 Å². The van der Waals surface area contributed by atoms with Gasteiger partial charge in [-0.2, -0.15) is 3.89 Å². The standard InChI is InChI=1S/C18H8Cl3F3S3/c19-14-8-11(25-24)2-3-12(14)13-5-10(23)7-16(21)18(13)27-26-17-4-1-9(22)6-15(17)20/h1-8H. The van der Waals surface area contributed by atoms with Crippen LogP contribution in [0.3, 0.4) is 0 Å². The summed E-state index contributed by atoms with van der Waals surface area (Å²) in [7, 11) is 2.50. The first-order valence-corrected chi connectivity index (χ1v) is 11.3. The second-order valence-corrected chi connectivity index (χ2v) is 9.25. The maximum atomic E-state index is 14.0. The lowest BCUT2D eigenvalue weighted by Gasteiger charge is -2.13. The molecular formula is C18H8Cl3F3S3. The Balaban J connectivity index is 2.00. The van der Waals surface area contributed by atoms with Crippen molar-refractivity contribution in [3.63, 3.8) is 0 Å². The molecule has 9 heteroatoms. The summed E-state index contributed by atoms with van der Waals surface area (Å²) < 4.78 is 39.9. The molecule has 3 aromatic rings. The zero-order chi connectivity index (χ0) is 19.6. The highest BCUT2D eigenvalue weighted by atomic mass is 35.5. The quantitative estimate of drug-likeness (QED) is 0.332. The lowest BCUT2D eigenvalue weighted by Crippen LogP contribution is -1.88. The molecular weight excluding hydrogens is 476 g/mol. The summed E-state index contributed by atoms with van der Waals surface area (Å²) in [4.78, 5) is 1.53. The van der Waals surface area contributed by atoms with Crippen molar-refractivity contribution in [3.05, 3.63) is 75.2 Å². The average Bonchev–Trinajstić information content (AvgIpc) is 2.61. The Labute approximate surface area is 181 Å². The molecule has 0 N–H and O–H groups in total. The van der Waals surface area contributed by atoms with Gasteiger partial charge in [-0.05, 0) is 42.5 Å². The molecule has 0 amide bonds. The van der Waals surface area contributed by atoms with Gasteiger partial charge >= 0.3 is 0 Å². The van der Waals surface area contributed by atoms with Crippen LogP contribution in [0.1, 0.15) is 0 Å². The van der Waals surface area contributed by atoms with E-state index in [0.29, 0.717) is 25.8 Å². The number of benzene rings is 3. The molecule has 3 aromatic carbocycles. The van der Waals surface area contributed by atoms with Crippen molar-refractivity contribution >= 4 is 68.5 Å². The number of hydrogen-bond acceptors (Lipinski definition) is 3. The zero-order valence-corrected chi connectivity index (χ0v) is 17.8. The van der Waals surface area contributed by atoms with Crippen molar-refractivity contribution in [3.8, 4) is 11.1 Å². The highest BCUT2D eigenvalue weighted by Gasteiger charge is 2.17. The van der Waals surface area contributed by atoms with E-state index in [4.69, 9.17) is 34.8 Å². The Morgan fingerprint density at radius 1 is 0.667 bits per heavy atom. The summed E-state index contributed by atoms with van der Waals surface area (Å²) >= 11 is 18.6. The maximum Gasteiger partial charge on any atom is 0.125 e. The SMILES string of the molecule is FSc1ccc(-c2cc(F)cc(Cl)c2SSc2ccc(F)cc2Cl)c(Cl)c1. The third-order valence-corrected chi connectivity index (χ3v) is 7.53. The molecule has 0 aliphatic heterocycles. The number of halogens is 6. The summed E-state index contributed by atoms with van der Waals surface area (Å²) in [6, 6.07) is 11.2. The van der Waals surface area contributed by atoms with Crippen molar-refractivity contribution < 1.29 is 12.7 Å². The highest BCUT2D eigenvalue weighted by Crippen LogP contribution is 2.48. The van der Waals surface area contributed by atoms with E-state index >= 15 is 0 Å². The van der Waals surface area contributed by atoms with Crippen LogP contribution in [0.4, 0.5) is 12.7 Å². The Morgan fingerprint density at radius 2 is 1.41 bits per heavy atom. The van der Waals surface area contributed by atoms with E-state index in [0.717, 1.165) is 0 Å². The first kappa shape index (κ1) is 21.1. The van der Waals surface area contributed by atoms with Gasteiger partial charge in [0.1, 0.15) is 11.6 Å². The third kappa shape index (κ3) is 5.05. The van der Waals surface area contributed by atoms with Crippen molar-refractivity contribution in [2.45, 2.75) is 14.7 Å². The van der Waals surface area contributed by atoms with E-state index in [1.165, 1.54) is 51.9 Å². The van der Waals surface area contributed by atoms with E-state index in [2.05, 4.69) is 0 Å². The monoisotopic (exact) mass is 482 g/mol. The molecule has 0 atom stereocenters. The maximum absolute atomic E-state index is 14.0. The Morgan fingerprint density at radius 3 is 2.07 bits per heavy atom. The smallest absolute Gasteiger partial charge is 0.125 e. The summed E-state index contributed by atoms with van der Waals surface area (Å²) in [5.74, 6) is -0.961. The van der Waals surface area contributed by atoms with Crippen LogP contribution in [0, 0.1) is 11.6 Å². The van der Waals surface area contributed by atoms with E-state index in [-0.39, 0.29) is 27.2 Å². The van der Waals surface area contributed by atoms with Gasteiger partial charge in [-0.1, -0.05) is 62.5 Å². The molecule has 0 bridgehead atoms. The van der Waals surface area contributed by atoms with E-state index in [1.54, 1.807) is 18.2 Å². The molecule has 0 fully saturated rings. The Hall–Kier alpha value is -0.630. The van der Waals surface area contributed by atoms with Gasteiger partial charge in [0.15, 0.2) is 0 Å². The molecule has 0 heterocycles. The highest BCUT2D eigenvalue weighted by molar-refractivity contribution is 8.76. The molecule has 0 nitrogen and oxygen atoms in total. The van der Waals surface area contributed by atoms with Gasteiger partial charge in [0.2, 0.25) is 0 Å². The molecule has 0 radical (unpaired) electrons. The molecule has 0 aromatic heterocycles. The van der Waals surface area contributed by atoms with Crippen LogP contribution in [0.25, 0.3) is 11.1 Å².